The van der Waals surface area contributed by atoms with E-state index in [0.717, 1.165) is 37.5 Å². The largest absolute Gasteiger partial charge is 0.476 e. The number of benzene rings is 1. The van der Waals surface area contributed by atoms with Crippen LogP contribution in [0.25, 0.3) is 0 Å². The first-order valence-corrected chi connectivity index (χ1v) is 9.75. The van der Waals surface area contributed by atoms with Crippen LogP contribution in [0.1, 0.15) is 31.2 Å². The minimum Gasteiger partial charge on any atom is -0.476 e. The number of amides is 1. The Kier molecular flexibility index (Phi) is 4.23. The van der Waals surface area contributed by atoms with Crippen molar-refractivity contribution in [2.24, 2.45) is 0 Å². The third-order valence-electron chi connectivity index (χ3n) is 4.38. The molecule has 0 saturated heterocycles. The van der Waals surface area contributed by atoms with Crippen LogP contribution in [0.5, 0.6) is 5.75 Å². The molecule has 1 atom stereocenters. The van der Waals surface area contributed by atoms with Gasteiger partial charge < -0.3 is 10.1 Å². The van der Waals surface area contributed by atoms with E-state index in [0.29, 0.717) is 11.4 Å². The van der Waals surface area contributed by atoms with E-state index in [4.69, 9.17) is 4.74 Å². The molecule has 0 radical (unpaired) electrons. The SMILES string of the molecule is Cc1ccc2c(c1)N(S(C)(=O)=O)C[C@@H](C(=O)NC1CCCC1)O2. The van der Waals surface area contributed by atoms with Gasteiger partial charge in [0.1, 0.15) is 5.75 Å². The highest BCUT2D eigenvalue weighted by atomic mass is 32.2. The molecule has 1 saturated carbocycles. The number of hydrogen-bond donors (Lipinski definition) is 1. The normalized spacial score (nSPS) is 21.7. The van der Waals surface area contributed by atoms with E-state index < -0.39 is 16.1 Å². The zero-order valence-electron chi connectivity index (χ0n) is 13.4. The summed E-state index contributed by atoms with van der Waals surface area (Å²) in [5, 5.41) is 2.98. The van der Waals surface area contributed by atoms with Gasteiger partial charge in [-0.3, -0.25) is 9.10 Å². The van der Waals surface area contributed by atoms with E-state index in [-0.39, 0.29) is 18.5 Å². The first-order valence-electron chi connectivity index (χ1n) is 7.90. The van der Waals surface area contributed by atoms with E-state index >= 15 is 0 Å². The Morgan fingerprint density at radius 2 is 2.00 bits per heavy atom. The number of carbonyl (C=O) groups is 1. The van der Waals surface area contributed by atoms with Gasteiger partial charge in [0.15, 0.2) is 6.10 Å². The lowest BCUT2D eigenvalue weighted by Gasteiger charge is -2.34. The Balaban J connectivity index is 1.85. The molecule has 0 bridgehead atoms. The van der Waals surface area contributed by atoms with Crippen LogP contribution in [0.2, 0.25) is 0 Å². The fourth-order valence-electron chi connectivity index (χ4n) is 3.18. The summed E-state index contributed by atoms with van der Waals surface area (Å²) in [4.78, 5) is 12.4. The predicted molar refractivity (Wildman–Crippen MR) is 88.2 cm³/mol. The van der Waals surface area contributed by atoms with Crippen molar-refractivity contribution in [1.29, 1.82) is 0 Å². The van der Waals surface area contributed by atoms with Gasteiger partial charge in [-0.05, 0) is 37.5 Å². The van der Waals surface area contributed by atoms with Crippen LogP contribution >= 0.6 is 0 Å². The average molecular weight is 338 g/mol. The molecular formula is C16H22N2O4S. The van der Waals surface area contributed by atoms with Crippen LogP contribution in [0.4, 0.5) is 5.69 Å². The van der Waals surface area contributed by atoms with Crippen LogP contribution in [0.3, 0.4) is 0 Å². The van der Waals surface area contributed by atoms with Crippen molar-refractivity contribution in [3.8, 4) is 5.75 Å². The Hall–Kier alpha value is -1.76. The Labute approximate surface area is 136 Å². The lowest BCUT2D eigenvalue weighted by Crippen LogP contribution is -2.52. The number of fused-ring (bicyclic) bond motifs is 1. The molecule has 0 spiro atoms. The van der Waals surface area contributed by atoms with Gasteiger partial charge in [-0.1, -0.05) is 18.9 Å². The van der Waals surface area contributed by atoms with Crippen molar-refractivity contribution in [1.82, 2.24) is 5.32 Å². The summed E-state index contributed by atoms with van der Waals surface area (Å²) in [5.74, 6) is 0.190. The van der Waals surface area contributed by atoms with E-state index in [9.17, 15) is 13.2 Å². The van der Waals surface area contributed by atoms with Crippen molar-refractivity contribution in [2.45, 2.75) is 44.8 Å². The Morgan fingerprint density at radius 1 is 1.30 bits per heavy atom. The number of nitrogens with one attached hydrogen (secondary N) is 1. The van der Waals surface area contributed by atoms with Gasteiger partial charge in [-0.2, -0.15) is 0 Å². The highest BCUT2D eigenvalue weighted by Crippen LogP contribution is 2.35. The third-order valence-corrected chi connectivity index (χ3v) is 5.52. The molecule has 1 aromatic rings. The second-order valence-corrected chi connectivity index (χ2v) is 8.27. The highest BCUT2D eigenvalue weighted by Gasteiger charge is 2.35. The number of hydrogen-bond acceptors (Lipinski definition) is 4. The number of rotatable bonds is 3. The summed E-state index contributed by atoms with van der Waals surface area (Å²) < 4.78 is 31.3. The molecule has 1 fully saturated rings. The second kappa shape index (κ2) is 6.03. The smallest absolute Gasteiger partial charge is 0.263 e. The molecule has 0 aromatic heterocycles. The molecule has 3 rings (SSSR count). The maximum Gasteiger partial charge on any atom is 0.263 e. The van der Waals surface area contributed by atoms with Crippen LogP contribution in [0, 0.1) is 6.92 Å². The van der Waals surface area contributed by atoms with Crippen molar-refractivity contribution in [2.75, 3.05) is 17.1 Å². The lowest BCUT2D eigenvalue weighted by atomic mass is 10.1. The average Bonchev–Trinajstić information content (AvgIpc) is 2.98. The molecule has 1 aliphatic heterocycles. The molecule has 1 aromatic carbocycles. The second-order valence-electron chi connectivity index (χ2n) is 6.36. The van der Waals surface area contributed by atoms with Gasteiger partial charge >= 0.3 is 0 Å². The summed E-state index contributed by atoms with van der Waals surface area (Å²) in [6, 6.07) is 5.51. The number of ether oxygens (including phenoxy) is 1. The molecule has 2 aliphatic rings. The molecule has 7 heteroatoms. The van der Waals surface area contributed by atoms with Crippen molar-refractivity contribution in [3.63, 3.8) is 0 Å². The Bertz CT molecular complexity index is 711. The standard InChI is InChI=1S/C16H22N2O4S/c1-11-7-8-14-13(9-11)18(23(2,20)21)10-15(22-14)16(19)17-12-5-3-4-6-12/h7-9,12,15H,3-6,10H2,1-2H3,(H,17,19)/t15-/m0/s1. The summed E-state index contributed by atoms with van der Waals surface area (Å²) in [7, 11) is -3.48. The zero-order valence-corrected chi connectivity index (χ0v) is 14.2. The minimum atomic E-state index is -3.48. The number of sulfonamides is 1. The fraction of sp³-hybridized carbons (Fsp3) is 0.562. The van der Waals surface area contributed by atoms with E-state index in [2.05, 4.69) is 5.32 Å². The molecular weight excluding hydrogens is 316 g/mol. The first-order chi connectivity index (χ1) is 10.8. The fourth-order valence-corrected chi connectivity index (χ4v) is 4.08. The summed E-state index contributed by atoms with van der Waals surface area (Å²) in [6.45, 7) is 1.90. The molecule has 6 nitrogen and oxygen atoms in total. The molecule has 23 heavy (non-hydrogen) atoms. The van der Waals surface area contributed by atoms with Crippen molar-refractivity contribution in [3.05, 3.63) is 23.8 Å². The maximum atomic E-state index is 12.4. The molecule has 1 aliphatic carbocycles. The number of nitrogens with zero attached hydrogens (tertiary/aromatic N) is 1. The van der Waals surface area contributed by atoms with E-state index in [1.807, 2.05) is 13.0 Å². The van der Waals surface area contributed by atoms with Crippen molar-refractivity contribution >= 4 is 21.6 Å². The van der Waals surface area contributed by atoms with Gasteiger partial charge in [-0.25, -0.2) is 8.42 Å². The van der Waals surface area contributed by atoms with E-state index in [1.54, 1.807) is 12.1 Å². The monoisotopic (exact) mass is 338 g/mol. The first kappa shape index (κ1) is 16.1. The molecule has 1 N–H and O–H groups in total. The lowest BCUT2D eigenvalue weighted by molar-refractivity contribution is -0.128. The van der Waals surface area contributed by atoms with E-state index in [1.165, 1.54) is 4.31 Å². The summed E-state index contributed by atoms with van der Waals surface area (Å²) >= 11 is 0. The van der Waals surface area contributed by atoms with Crippen LogP contribution in [-0.2, 0) is 14.8 Å². The molecule has 0 unspecified atom stereocenters. The molecule has 1 heterocycles. The van der Waals surface area contributed by atoms with Gasteiger partial charge in [0.05, 0.1) is 18.5 Å². The number of carbonyl (C=O) groups excluding carboxylic acids is 1. The summed E-state index contributed by atoms with van der Waals surface area (Å²) in [5.41, 5.74) is 1.44. The maximum absolute atomic E-state index is 12.4. The Morgan fingerprint density at radius 3 is 2.65 bits per heavy atom. The van der Waals surface area contributed by atoms with Crippen LogP contribution < -0.4 is 14.4 Å². The van der Waals surface area contributed by atoms with Crippen LogP contribution in [-0.4, -0.2) is 39.3 Å². The minimum absolute atomic E-state index is 0.00778. The van der Waals surface area contributed by atoms with Gasteiger partial charge in [0.2, 0.25) is 10.0 Å². The molecule has 1 amide bonds. The molecule has 126 valence electrons. The zero-order chi connectivity index (χ0) is 16.6. The third kappa shape index (κ3) is 3.44. The topological polar surface area (TPSA) is 75.7 Å². The van der Waals surface area contributed by atoms with Gasteiger partial charge in [-0.15, -0.1) is 0 Å². The van der Waals surface area contributed by atoms with Crippen molar-refractivity contribution < 1.29 is 17.9 Å². The summed E-state index contributed by atoms with van der Waals surface area (Å²) in [6.07, 6.45) is 4.52. The number of aryl methyl sites for hydroxylation is 1. The number of anilines is 1. The van der Waals surface area contributed by atoms with Crippen LogP contribution in [0.15, 0.2) is 18.2 Å². The predicted octanol–water partition coefficient (Wildman–Crippen LogP) is 1.58. The quantitative estimate of drug-likeness (QED) is 0.908. The van der Waals surface area contributed by atoms with Gasteiger partial charge in [0.25, 0.3) is 5.91 Å². The highest BCUT2D eigenvalue weighted by molar-refractivity contribution is 7.92. The van der Waals surface area contributed by atoms with Gasteiger partial charge in [0, 0.05) is 6.04 Å².